The average molecular weight is 341 g/mol. The first kappa shape index (κ1) is 16.6. The number of carbonyl (C=O) groups excluding carboxylic acids is 1. The first-order valence-corrected chi connectivity index (χ1v) is 7.47. The van der Waals surface area contributed by atoms with Gasteiger partial charge in [0.1, 0.15) is 5.82 Å². The van der Waals surface area contributed by atoms with Crippen LogP contribution in [0, 0.1) is 12.7 Å². The largest absolute Gasteiger partial charge is 0.384 e. The Balaban J connectivity index is 1.85. The molecule has 0 unspecified atom stereocenters. The Bertz CT molecular complexity index is 692. The number of anilines is 2. The molecule has 1 amide bonds. The Labute approximate surface area is 138 Å². The Morgan fingerprint density at radius 1 is 1.18 bits per heavy atom. The second-order valence-corrected chi connectivity index (χ2v) is 5.58. The fraction of sp³-hybridized carbons (Fsp3) is 0.188. The highest BCUT2D eigenvalue weighted by Crippen LogP contribution is 2.23. The third kappa shape index (κ3) is 4.36. The van der Waals surface area contributed by atoms with Gasteiger partial charge in [-0.05, 0) is 42.8 Å². The topological polar surface area (TPSA) is 41.1 Å². The van der Waals surface area contributed by atoms with Gasteiger partial charge in [0.25, 0.3) is 0 Å². The molecule has 0 heterocycles. The van der Waals surface area contributed by atoms with Crippen molar-refractivity contribution >= 4 is 40.5 Å². The van der Waals surface area contributed by atoms with Gasteiger partial charge in [-0.25, -0.2) is 4.39 Å². The Morgan fingerprint density at radius 3 is 2.68 bits per heavy atom. The molecule has 0 radical (unpaired) electrons. The molecule has 2 aromatic rings. The SMILES string of the molecule is Cc1c(Cl)cccc1NC(=O)CCNc1ccc(F)c(Cl)c1. The van der Waals surface area contributed by atoms with Crippen LogP contribution in [0.4, 0.5) is 15.8 Å². The summed E-state index contributed by atoms with van der Waals surface area (Å²) in [6.07, 6.45) is 0.265. The summed E-state index contributed by atoms with van der Waals surface area (Å²) in [6, 6.07) is 9.68. The molecular formula is C16H15Cl2FN2O. The number of halogens is 3. The maximum Gasteiger partial charge on any atom is 0.226 e. The molecule has 0 atom stereocenters. The van der Waals surface area contributed by atoms with E-state index < -0.39 is 5.82 Å². The molecule has 6 heteroatoms. The molecule has 116 valence electrons. The van der Waals surface area contributed by atoms with E-state index in [2.05, 4.69) is 10.6 Å². The van der Waals surface area contributed by atoms with E-state index in [0.717, 1.165) is 5.56 Å². The van der Waals surface area contributed by atoms with Crippen LogP contribution in [0.25, 0.3) is 0 Å². The zero-order chi connectivity index (χ0) is 16.1. The van der Waals surface area contributed by atoms with Gasteiger partial charge in [-0.15, -0.1) is 0 Å². The first-order chi connectivity index (χ1) is 10.5. The number of benzene rings is 2. The van der Waals surface area contributed by atoms with Gasteiger partial charge in [-0.1, -0.05) is 29.3 Å². The van der Waals surface area contributed by atoms with Crippen molar-refractivity contribution in [1.29, 1.82) is 0 Å². The van der Waals surface area contributed by atoms with E-state index in [0.29, 0.717) is 22.9 Å². The molecule has 2 aromatic carbocycles. The van der Waals surface area contributed by atoms with Gasteiger partial charge in [0.05, 0.1) is 5.02 Å². The van der Waals surface area contributed by atoms with E-state index in [1.165, 1.54) is 12.1 Å². The second kappa shape index (κ2) is 7.47. The molecule has 0 aliphatic heterocycles. The highest BCUT2D eigenvalue weighted by atomic mass is 35.5. The molecule has 3 nitrogen and oxygen atoms in total. The minimum Gasteiger partial charge on any atom is -0.384 e. The second-order valence-electron chi connectivity index (χ2n) is 4.77. The predicted molar refractivity (Wildman–Crippen MR) is 89.3 cm³/mol. The van der Waals surface area contributed by atoms with Crippen molar-refractivity contribution in [2.75, 3.05) is 17.2 Å². The molecule has 2 rings (SSSR count). The summed E-state index contributed by atoms with van der Waals surface area (Å²) in [7, 11) is 0. The summed E-state index contributed by atoms with van der Waals surface area (Å²) in [5.41, 5.74) is 2.19. The van der Waals surface area contributed by atoms with Gasteiger partial charge in [-0.3, -0.25) is 4.79 Å². The minimum atomic E-state index is -0.471. The van der Waals surface area contributed by atoms with Gasteiger partial charge in [0.2, 0.25) is 5.91 Å². The highest BCUT2D eigenvalue weighted by molar-refractivity contribution is 6.31. The lowest BCUT2D eigenvalue weighted by atomic mass is 10.2. The number of nitrogens with one attached hydrogen (secondary N) is 2. The van der Waals surface area contributed by atoms with Crippen molar-refractivity contribution in [1.82, 2.24) is 0 Å². The summed E-state index contributed by atoms with van der Waals surface area (Å²) in [4.78, 5) is 11.9. The zero-order valence-corrected chi connectivity index (χ0v) is 13.4. The van der Waals surface area contributed by atoms with Crippen molar-refractivity contribution in [2.24, 2.45) is 0 Å². The van der Waals surface area contributed by atoms with Crippen LogP contribution >= 0.6 is 23.2 Å². The summed E-state index contributed by atoms with van der Waals surface area (Å²) in [6.45, 7) is 2.25. The number of carbonyl (C=O) groups is 1. The monoisotopic (exact) mass is 340 g/mol. The molecule has 0 saturated carbocycles. The van der Waals surface area contributed by atoms with Crippen molar-refractivity contribution in [2.45, 2.75) is 13.3 Å². The lowest BCUT2D eigenvalue weighted by molar-refractivity contribution is -0.115. The Morgan fingerprint density at radius 2 is 1.95 bits per heavy atom. The summed E-state index contributed by atoms with van der Waals surface area (Å²) in [5.74, 6) is -0.604. The third-order valence-corrected chi connectivity index (χ3v) is 3.84. The smallest absolute Gasteiger partial charge is 0.226 e. The van der Waals surface area contributed by atoms with Gasteiger partial charge < -0.3 is 10.6 Å². The normalized spacial score (nSPS) is 10.4. The van der Waals surface area contributed by atoms with Crippen LogP contribution < -0.4 is 10.6 Å². The molecule has 22 heavy (non-hydrogen) atoms. The Kier molecular flexibility index (Phi) is 5.63. The van der Waals surface area contributed by atoms with Crippen molar-refractivity contribution in [3.05, 3.63) is 57.8 Å². The highest BCUT2D eigenvalue weighted by Gasteiger charge is 2.07. The number of amides is 1. The maximum atomic E-state index is 13.0. The van der Waals surface area contributed by atoms with E-state index in [1.807, 2.05) is 6.92 Å². The predicted octanol–water partition coefficient (Wildman–Crippen LogP) is 4.88. The molecule has 0 aliphatic rings. The van der Waals surface area contributed by atoms with Crippen LogP contribution in [0.5, 0.6) is 0 Å². The lowest BCUT2D eigenvalue weighted by Crippen LogP contribution is -2.16. The van der Waals surface area contributed by atoms with Crippen molar-refractivity contribution < 1.29 is 9.18 Å². The van der Waals surface area contributed by atoms with Crippen LogP contribution in [0.3, 0.4) is 0 Å². The summed E-state index contributed by atoms with van der Waals surface area (Å²) >= 11 is 11.7. The first-order valence-electron chi connectivity index (χ1n) is 6.71. The van der Waals surface area contributed by atoms with Gasteiger partial charge >= 0.3 is 0 Å². The maximum absolute atomic E-state index is 13.0. The average Bonchev–Trinajstić information content (AvgIpc) is 2.48. The minimum absolute atomic E-state index is 0.0454. The zero-order valence-electron chi connectivity index (χ0n) is 11.9. The molecule has 0 saturated heterocycles. The molecule has 0 aliphatic carbocycles. The third-order valence-electron chi connectivity index (χ3n) is 3.14. The van der Waals surface area contributed by atoms with Gasteiger partial charge in [0.15, 0.2) is 0 Å². The molecule has 0 aromatic heterocycles. The van der Waals surface area contributed by atoms with E-state index in [9.17, 15) is 9.18 Å². The molecular weight excluding hydrogens is 326 g/mol. The fourth-order valence-electron chi connectivity index (χ4n) is 1.88. The lowest BCUT2D eigenvalue weighted by Gasteiger charge is -2.10. The van der Waals surface area contributed by atoms with Crippen molar-refractivity contribution in [3.63, 3.8) is 0 Å². The number of hydrogen-bond donors (Lipinski definition) is 2. The number of hydrogen-bond acceptors (Lipinski definition) is 2. The van der Waals surface area contributed by atoms with Crippen LogP contribution in [0.2, 0.25) is 10.0 Å². The van der Waals surface area contributed by atoms with Crippen LogP contribution in [-0.2, 0) is 4.79 Å². The fourth-order valence-corrected chi connectivity index (χ4v) is 2.24. The molecule has 0 fully saturated rings. The number of rotatable bonds is 5. The molecule has 0 spiro atoms. The van der Waals surface area contributed by atoms with Crippen molar-refractivity contribution in [3.8, 4) is 0 Å². The van der Waals surface area contributed by atoms with E-state index in [4.69, 9.17) is 23.2 Å². The van der Waals surface area contributed by atoms with Gasteiger partial charge in [0, 0.05) is 29.4 Å². The quantitative estimate of drug-likeness (QED) is 0.814. The van der Waals surface area contributed by atoms with Crippen LogP contribution in [-0.4, -0.2) is 12.5 Å². The van der Waals surface area contributed by atoms with E-state index >= 15 is 0 Å². The van der Waals surface area contributed by atoms with Crippen LogP contribution in [0.1, 0.15) is 12.0 Å². The van der Waals surface area contributed by atoms with E-state index in [1.54, 1.807) is 24.3 Å². The summed E-state index contributed by atoms with van der Waals surface area (Å²) in [5, 5.41) is 6.48. The van der Waals surface area contributed by atoms with E-state index in [-0.39, 0.29) is 17.4 Å². The van der Waals surface area contributed by atoms with Crippen LogP contribution in [0.15, 0.2) is 36.4 Å². The Hall–Kier alpha value is -1.78. The molecule has 2 N–H and O–H groups in total. The van der Waals surface area contributed by atoms with Gasteiger partial charge in [-0.2, -0.15) is 0 Å². The summed E-state index contributed by atoms with van der Waals surface area (Å²) < 4.78 is 13.0. The molecule has 0 bridgehead atoms. The standard InChI is InChI=1S/C16H15Cl2FN2O/c1-10-12(17)3-2-4-15(10)21-16(22)7-8-20-11-5-6-14(19)13(18)9-11/h2-6,9,20H,7-8H2,1H3,(H,21,22).